The Morgan fingerprint density at radius 3 is 2.50 bits per heavy atom. The molecule has 0 saturated carbocycles. The third-order valence-corrected chi connectivity index (χ3v) is 0.719. The molecule has 10 heavy (non-hydrogen) atoms. The van der Waals surface area contributed by atoms with Crippen LogP contribution in [0.3, 0.4) is 0 Å². The van der Waals surface area contributed by atoms with Crippen LogP contribution in [0.25, 0.3) is 0 Å². The summed E-state index contributed by atoms with van der Waals surface area (Å²) >= 11 is 0. The number of hydrogen-bond acceptors (Lipinski definition) is 3. The topological polar surface area (TPSA) is 57.2 Å². The second-order valence-electron chi connectivity index (χ2n) is 1.82. The molecule has 0 aromatic heterocycles. The Labute approximate surface area is 86.3 Å². The van der Waals surface area contributed by atoms with E-state index < -0.39 is 30.9 Å². The normalized spacial score (nSPS) is 17.1. The van der Waals surface area contributed by atoms with Crippen LogP contribution in [0.4, 0.5) is 0 Å². The van der Waals surface area contributed by atoms with Crippen molar-refractivity contribution < 1.29 is 48.4 Å². The molecule has 0 aromatic rings. The maximum absolute atomic E-state index is 10.5. The average molecular weight is 155 g/mol. The summed E-state index contributed by atoms with van der Waals surface area (Å²) < 4.78 is 20.5. The van der Waals surface area contributed by atoms with Gasteiger partial charge < -0.3 is 9.90 Å². The number of carboxylic acid groups (broad SMARTS) is 1. The number of carbonyl (C=O) groups excluding carboxylic acids is 2. The summed E-state index contributed by atoms with van der Waals surface area (Å²) in [6.45, 7) is -0.987. The van der Waals surface area contributed by atoms with Gasteiger partial charge in [0.1, 0.15) is 5.97 Å². The predicted octanol–water partition coefficient (Wildman–Crippen LogP) is -3.64. The van der Waals surface area contributed by atoms with Gasteiger partial charge in [0.05, 0.1) is 0 Å². The minimum absolute atomic E-state index is 0. The Morgan fingerprint density at radius 2 is 2.20 bits per heavy atom. The molecular formula is C6H9NaO3. The Bertz CT molecular complexity index is 202. The van der Waals surface area contributed by atoms with E-state index in [4.69, 9.17) is 4.11 Å². The first kappa shape index (κ1) is 6.83. The van der Waals surface area contributed by atoms with E-state index in [2.05, 4.69) is 0 Å². The zero-order valence-corrected chi connectivity index (χ0v) is 8.01. The van der Waals surface area contributed by atoms with Crippen molar-refractivity contribution in [2.75, 3.05) is 0 Å². The van der Waals surface area contributed by atoms with Gasteiger partial charge in [-0.1, -0.05) is 13.8 Å². The molecule has 3 nitrogen and oxygen atoms in total. The molecule has 1 atom stereocenters. The van der Waals surface area contributed by atoms with Crippen molar-refractivity contribution >= 4 is 11.8 Å². The molecule has 0 aliphatic carbocycles. The second kappa shape index (κ2) is 5.89. The summed E-state index contributed by atoms with van der Waals surface area (Å²) in [5.41, 5.74) is 0. The van der Waals surface area contributed by atoms with Crippen molar-refractivity contribution in [1.29, 1.82) is 0 Å². The SMILES string of the molecule is [2H]C([2H])([2H])[C@H](C)CC(=O)C(=O)[O-].[Na+]. The van der Waals surface area contributed by atoms with Gasteiger partial charge in [-0.3, -0.25) is 4.79 Å². The van der Waals surface area contributed by atoms with E-state index in [-0.39, 0.29) is 29.6 Å². The molecule has 0 aliphatic rings. The maximum atomic E-state index is 10.5. The van der Waals surface area contributed by atoms with E-state index in [1.54, 1.807) is 0 Å². The van der Waals surface area contributed by atoms with Gasteiger partial charge in [-0.25, -0.2) is 0 Å². The number of Topliss-reactive ketones (excluding diaryl/α,β-unsaturated/α-hetero) is 1. The number of carboxylic acids is 1. The van der Waals surface area contributed by atoms with Crippen molar-refractivity contribution in [2.45, 2.75) is 20.2 Å². The van der Waals surface area contributed by atoms with Crippen molar-refractivity contribution in [1.82, 2.24) is 0 Å². The Balaban J connectivity index is 0. The first-order valence-corrected chi connectivity index (χ1v) is 2.49. The van der Waals surface area contributed by atoms with E-state index in [9.17, 15) is 14.7 Å². The van der Waals surface area contributed by atoms with Crippen molar-refractivity contribution in [2.24, 2.45) is 5.92 Å². The third-order valence-electron chi connectivity index (χ3n) is 0.719. The maximum Gasteiger partial charge on any atom is 1.00 e. The summed E-state index contributed by atoms with van der Waals surface area (Å²) in [7, 11) is 0. The van der Waals surface area contributed by atoms with E-state index in [1.165, 1.54) is 6.92 Å². The van der Waals surface area contributed by atoms with E-state index in [0.717, 1.165) is 0 Å². The number of hydrogen-bond donors (Lipinski definition) is 0. The number of aliphatic carboxylic acids is 1. The fourth-order valence-corrected chi connectivity index (χ4v) is 0.361. The molecule has 0 fully saturated rings. The number of ketones is 1. The standard InChI is InChI=1S/C6H10O3.Na/c1-4(2)3-5(7)6(8)9;/h4H,3H2,1-2H3,(H,8,9);/q;+1/p-1/i1D3;/t4-;/m1./s1. The van der Waals surface area contributed by atoms with E-state index in [1.807, 2.05) is 0 Å². The summed E-state index contributed by atoms with van der Waals surface area (Å²) in [5, 5.41) is 9.92. The zero-order valence-electron chi connectivity index (χ0n) is 9.01. The van der Waals surface area contributed by atoms with Gasteiger partial charge in [0.15, 0.2) is 5.78 Å². The van der Waals surface area contributed by atoms with Crippen LogP contribution in [0.15, 0.2) is 0 Å². The van der Waals surface area contributed by atoms with E-state index in [0.29, 0.717) is 0 Å². The summed E-state index contributed by atoms with van der Waals surface area (Å²) in [5.74, 6) is -3.94. The van der Waals surface area contributed by atoms with Gasteiger partial charge >= 0.3 is 29.6 Å². The average Bonchev–Trinajstić information content (AvgIpc) is 1.85. The molecule has 0 amide bonds. The smallest absolute Gasteiger partial charge is 0.542 e. The van der Waals surface area contributed by atoms with Crippen LogP contribution in [0, 0.1) is 5.92 Å². The van der Waals surface area contributed by atoms with Crippen LogP contribution < -0.4 is 34.7 Å². The van der Waals surface area contributed by atoms with Crippen molar-refractivity contribution in [3.05, 3.63) is 0 Å². The molecule has 4 heteroatoms. The van der Waals surface area contributed by atoms with Crippen LogP contribution in [0.1, 0.15) is 24.3 Å². The largest absolute Gasteiger partial charge is 1.00 e. The third kappa shape index (κ3) is 6.26. The van der Waals surface area contributed by atoms with Crippen LogP contribution in [0.2, 0.25) is 0 Å². The monoisotopic (exact) mass is 155 g/mol. The molecule has 0 radical (unpaired) electrons. The van der Waals surface area contributed by atoms with Gasteiger partial charge in [-0.15, -0.1) is 0 Å². The number of rotatable bonds is 3. The first-order chi connectivity index (χ1) is 5.25. The fraction of sp³-hybridized carbons (Fsp3) is 0.667. The first-order valence-electron chi connectivity index (χ1n) is 3.99. The quantitative estimate of drug-likeness (QED) is 0.312. The summed E-state index contributed by atoms with van der Waals surface area (Å²) in [4.78, 5) is 20.4. The van der Waals surface area contributed by atoms with Gasteiger partial charge in [0.25, 0.3) is 0 Å². The molecular weight excluding hydrogens is 143 g/mol. The minimum Gasteiger partial charge on any atom is -0.542 e. The molecule has 0 saturated heterocycles. The molecule has 0 rings (SSSR count). The zero-order chi connectivity index (χ0) is 9.94. The molecule has 0 spiro atoms. The van der Waals surface area contributed by atoms with Gasteiger partial charge in [-0.05, 0) is 5.92 Å². The molecule has 0 N–H and O–H groups in total. The number of carbonyl (C=O) groups is 2. The van der Waals surface area contributed by atoms with Gasteiger partial charge in [0, 0.05) is 10.5 Å². The van der Waals surface area contributed by atoms with Crippen LogP contribution in [-0.2, 0) is 9.59 Å². The summed E-state index contributed by atoms with van der Waals surface area (Å²) in [6.07, 6.45) is -0.501. The molecule has 0 aromatic carbocycles. The Hall–Kier alpha value is 0.140. The van der Waals surface area contributed by atoms with Gasteiger partial charge in [-0.2, -0.15) is 0 Å². The summed E-state index contributed by atoms with van der Waals surface area (Å²) in [6, 6.07) is 0. The molecule has 52 valence electrons. The van der Waals surface area contributed by atoms with E-state index >= 15 is 0 Å². The minimum atomic E-state index is -2.29. The van der Waals surface area contributed by atoms with Crippen LogP contribution in [0.5, 0.6) is 0 Å². The Morgan fingerprint density at radius 1 is 1.70 bits per heavy atom. The predicted molar refractivity (Wildman–Crippen MR) is 29.5 cm³/mol. The van der Waals surface area contributed by atoms with Gasteiger partial charge in [0.2, 0.25) is 0 Å². The molecule has 0 bridgehead atoms. The Kier molecular flexibility index (Phi) is 4.02. The molecule has 0 heterocycles. The molecule has 0 aliphatic heterocycles. The fourth-order valence-electron chi connectivity index (χ4n) is 0.361. The van der Waals surface area contributed by atoms with Crippen molar-refractivity contribution in [3.63, 3.8) is 0 Å². The van der Waals surface area contributed by atoms with Crippen LogP contribution >= 0.6 is 0 Å². The molecule has 0 unspecified atom stereocenters. The second-order valence-corrected chi connectivity index (χ2v) is 1.82. The van der Waals surface area contributed by atoms with Crippen LogP contribution in [-0.4, -0.2) is 11.8 Å². The van der Waals surface area contributed by atoms with Crippen molar-refractivity contribution in [3.8, 4) is 0 Å².